The van der Waals surface area contributed by atoms with E-state index in [-0.39, 0.29) is 6.10 Å². The highest BCUT2D eigenvalue weighted by atomic mass is 32.1. The Morgan fingerprint density at radius 2 is 2.09 bits per heavy atom. The number of nitrogen functional groups attached to an aromatic ring is 1. The molecule has 1 fully saturated rings. The van der Waals surface area contributed by atoms with Gasteiger partial charge >= 0.3 is 0 Å². The molecule has 0 saturated carbocycles. The van der Waals surface area contributed by atoms with E-state index >= 15 is 0 Å². The SMILES string of the molecule is C[C@H](Oc1cc(-n2cc3c(n2)CCNC3)nc(-c2noc3c2CCC[C@@]32CCCc3sc(N)c(C#N)c32)n1)[C@@H]1CCCN1C. The van der Waals surface area contributed by atoms with Gasteiger partial charge in [-0.3, -0.25) is 4.90 Å². The highest BCUT2D eigenvalue weighted by molar-refractivity contribution is 7.16. The molecule has 11 nitrogen and oxygen atoms in total. The first kappa shape index (κ1) is 27.7. The molecular formula is C32H37N9O2S. The summed E-state index contributed by atoms with van der Waals surface area (Å²) in [4.78, 5) is 13.5. The Morgan fingerprint density at radius 1 is 1.23 bits per heavy atom. The molecule has 0 radical (unpaired) electrons. The molecule has 8 rings (SSSR count). The Hall–Kier alpha value is -3.79. The van der Waals surface area contributed by atoms with Gasteiger partial charge in [-0.25, -0.2) is 9.67 Å². The number of nitrogens with two attached hydrogens (primary N) is 1. The van der Waals surface area contributed by atoms with Gasteiger partial charge in [0.15, 0.2) is 23.1 Å². The Bertz CT molecular complexity index is 1760. The van der Waals surface area contributed by atoms with Crippen molar-refractivity contribution in [2.75, 3.05) is 25.9 Å². The number of hydrogen-bond acceptors (Lipinski definition) is 11. The molecule has 0 bridgehead atoms. The van der Waals surface area contributed by atoms with Gasteiger partial charge in [0.2, 0.25) is 5.88 Å². The minimum absolute atomic E-state index is 0.0447. The first-order valence-electron chi connectivity index (χ1n) is 15.8. The molecule has 0 aromatic carbocycles. The Labute approximate surface area is 260 Å². The lowest BCUT2D eigenvalue weighted by atomic mass is 9.63. The number of likely N-dealkylation sites (N-methyl/N-ethyl adjacent to an activating group) is 1. The number of rotatable bonds is 5. The van der Waals surface area contributed by atoms with Crippen molar-refractivity contribution >= 4 is 16.3 Å². The van der Waals surface area contributed by atoms with Crippen LogP contribution in [0.5, 0.6) is 5.88 Å². The van der Waals surface area contributed by atoms with E-state index < -0.39 is 5.41 Å². The van der Waals surface area contributed by atoms with E-state index in [1.807, 2.05) is 16.9 Å². The summed E-state index contributed by atoms with van der Waals surface area (Å²) in [6.07, 6.45) is 10.7. The third-order valence-corrected chi connectivity index (χ3v) is 11.2. The van der Waals surface area contributed by atoms with E-state index in [4.69, 9.17) is 30.1 Å². The average molecular weight is 612 g/mol. The van der Waals surface area contributed by atoms with Crippen LogP contribution in [0.15, 0.2) is 16.8 Å². The second-order valence-electron chi connectivity index (χ2n) is 12.8. The zero-order chi connectivity index (χ0) is 30.0. The third-order valence-electron chi connectivity index (χ3n) is 10.2. The highest BCUT2D eigenvalue weighted by Crippen LogP contribution is 2.55. The second-order valence-corrected chi connectivity index (χ2v) is 13.9. The minimum atomic E-state index is -0.405. The quantitative estimate of drug-likeness (QED) is 0.335. The topological polar surface area (TPSA) is 144 Å². The monoisotopic (exact) mass is 611 g/mol. The molecule has 228 valence electrons. The van der Waals surface area contributed by atoms with Crippen LogP contribution in [0.25, 0.3) is 17.3 Å². The lowest BCUT2D eigenvalue weighted by Gasteiger charge is -2.39. The molecule has 3 atom stereocenters. The van der Waals surface area contributed by atoms with Gasteiger partial charge in [-0.15, -0.1) is 11.3 Å². The van der Waals surface area contributed by atoms with Gasteiger partial charge in [0, 0.05) is 53.8 Å². The van der Waals surface area contributed by atoms with E-state index in [0.29, 0.717) is 39.8 Å². The van der Waals surface area contributed by atoms with Gasteiger partial charge in [0.25, 0.3) is 0 Å². The van der Waals surface area contributed by atoms with Gasteiger partial charge in [-0.2, -0.15) is 15.3 Å². The van der Waals surface area contributed by atoms with Crippen LogP contribution in [0, 0.1) is 11.3 Å². The zero-order valence-electron chi connectivity index (χ0n) is 25.2. The summed E-state index contributed by atoms with van der Waals surface area (Å²) < 4.78 is 14.7. The van der Waals surface area contributed by atoms with Crippen LogP contribution in [-0.4, -0.2) is 62.1 Å². The fraction of sp³-hybridized carbons (Fsp3) is 0.531. The summed E-state index contributed by atoms with van der Waals surface area (Å²) in [7, 11) is 2.16. The number of thiophene rings is 1. The standard InChI is InChI=1S/C32H37N9O2S/c1-18(23-7-5-13-40(23)2)42-26-14-25(41-17-19-16-35-12-9-22(19)38-41)36-31(37-26)28-20-6-3-10-32(29(20)43-39-28)11-4-8-24-27(32)21(15-33)30(34)44-24/h14,17-18,23,35H,3-13,16,34H2,1-2H3/t18-,23-,32-/m0/s1. The Balaban J connectivity index is 1.24. The number of fused-ring (bicyclic) bond motifs is 5. The van der Waals surface area contributed by atoms with E-state index in [1.165, 1.54) is 16.9 Å². The minimum Gasteiger partial charge on any atom is -0.473 e. The number of aromatic nitrogens is 5. The van der Waals surface area contributed by atoms with Gasteiger partial charge in [0.1, 0.15) is 17.2 Å². The third kappa shape index (κ3) is 4.36. The maximum atomic E-state index is 10.1. The molecule has 3 N–H and O–H groups in total. The summed E-state index contributed by atoms with van der Waals surface area (Å²) in [6.45, 7) is 4.90. The number of likely N-dealkylation sites (tertiary alicyclic amines) is 1. The molecule has 4 aromatic rings. The first-order chi connectivity index (χ1) is 21.4. The van der Waals surface area contributed by atoms with E-state index in [9.17, 15) is 5.26 Å². The molecule has 6 heterocycles. The molecule has 1 saturated heterocycles. The molecule has 0 unspecified atom stereocenters. The molecule has 12 heteroatoms. The van der Waals surface area contributed by atoms with Crippen LogP contribution >= 0.6 is 11.3 Å². The zero-order valence-corrected chi connectivity index (χ0v) is 26.0. The number of anilines is 1. The maximum Gasteiger partial charge on any atom is 0.219 e. The van der Waals surface area contributed by atoms with Gasteiger partial charge < -0.3 is 20.3 Å². The molecule has 4 aliphatic rings. The fourth-order valence-corrected chi connectivity index (χ4v) is 9.22. The highest BCUT2D eigenvalue weighted by Gasteiger charge is 2.49. The lowest BCUT2D eigenvalue weighted by molar-refractivity contribution is 0.117. The van der Waals surface area contributed by atoms with Crippen molar-refractivity contribution in [1.82, 2.24) is 35.1 Å². The molecule has 0 amide bonds. The molecule has 1 spiro atoms. The predicted molar refractivity (Wildman–Crippen MR) is 166 cm³/mol. The van der Waals surface area contributed by atoms with Crippen molar-refractivity contribution in [1.29, 1.82) is 5.26 Å². The van der Waals surface area contributed by atoms with Crippen molar-refractivity contribution in [2.45, 2.75) is 88.8 Å². The van der Waals surface area contributed by atoms with Crippen LogP contribution in [0.1, 0.15) is 84.0 Å². The van der Waals surface area contributed by atoms with Crippen molar-refractivity contribution in [3.63, 3.8) is 0 Å². The number of ether oxygens (including phenoxy) is 1. The van der Waals surface area contributed by atoms with Crippen LogP contribution in [0.3, 0.4) is 0 Å². The largest absolute Gasteiger partial charge is 0.473 e. The van der Waals surface area contributed by atoms with Gasteiger partial charge in [-0.1, -0.05) is 5.16 Å². The van der Waals surface area contributed by atoms with E-state index in [1.54, 1.807) is 11.3 Å². The molecule has 2 aliphatic heterocycles. The smallest absolute Gasteiger partial charge is 0.219 e. The number of nitrogens with zero attached hydrogens (tertiary/aromatic N) is 7. The molecule has 44 heavy (non-hydrogen) atoms. The van der Waals surface area contributed by atoms with Crippen LogP contribution < -0.4 is 15.8 Å². The van der Waals surface area contributed by atoms with Gasteiger partial charge in [-0.05, 0) is 77.4 Å². The normalized spacial score (nSPS) is 23.6. The summed E-state index contributed by atoms with van der Waals surface area (Å²) >= 11 is 1.55. The fourth-order valence-electron chi connectivity index (χ4n) is 8.06. The summed E-state index contributed by atoms with van der Waals surface area (Å²) in [6, 6.07) is 4.62. The number of aryl methyl sites for hydroxylation is 1. The second kappa shape index (κ2) is 10.7. The lowest BCUT2D eigenvalue weighted by Crippen LogP contribution is -2.38. The Kier molecular flexibility index (Phi) is 6.73. The maximum absolute atomic E-state index is 10.1. The summed E-state index contributed by atoms with van der Waals surface area (Å²) in [5.41, 5.74) is 11.5. The molecule has 4 aromatic heterocycles. The van der Waals surface area contributed by atoms with Crippen molar-refractivity contribution in [3.8, 4) is 29.3 Å². The Morgan fingerprint density at radius 3 is 2.89 bits per heavy atom. The number of nitrogens with one attached hydrogen (secondary N) is 1. The predicted octanol–water partition coefficient (Wildman–Crippen LogP) is 4.30. The first-order valence-corrected chi connectivity index (χ1v) is 16.6. The summed E-state index contributed by atoms with van der Waals surface area (Å²) in [5.74, 6) is 2.46. The van der Waals surface area contributed by atoms with E-state index in [0.717, 1.165) is 93.6 Å². The van der Waals surface area contributed by atoms with Crippen molar-refractivity contribution in [3.05, 3.63) is 50.8 Å². The average Bonchev–Trinajstić information content (AvgIpc) is 3.82. The van der Waals surface area contributed by atoms with Crippen LogP contribution in [0.4, 0.5) is 5.00 Å². The number of nitriles is 1. The van der Waals surface area contributed by atoms with Crippen molar-refractivity contribution in [2.24, 2.45) is 0 Å². The molecular weight excluding hydrogens is 574 g/mol. The van der Waals surface area contributed by atoms with E-state index in [2.05, 4.69) is 35.4 Å². The number of hydrogen-bond donors (Lipinski definition) is 2. The summed E-state index contributed by atoms with van der Waals surface area (Å²) in [5, 5.41) is 23.7. The van der Waals surface area contributed by atoms with Crippen LogP contribution in [-0.2, 0) is 31.2 Å². The van der Waals surface area contributed by atoms with Crippen LogP contribution in [0.2, 0.25) is 0 Å². The van der Waals surface area contributed by atoms with Gasteiger partial charge in [0.05, 0.1) is 16.7 Å². The van der Waals surface area contributed by atoms with Crippen molar-refractivity contribution < 1.29 is 9.26 Å². The molecule has 2 aliphatic carbocycles.